The second-order valence-corrected chi connectivity index (χ2v) is 7.36. The average Bonchev–Trinajstić information content (AvgIpc) is 2.77. The van der Waals surface area contributed by atoms with Crippen molar-refractivity contribution < 1.29 is 13.2 Å². The zero-order chi connectivity index (χ0) is 15.5. The zero-order valence-corrected chi connectivity index (χ0v) is 13.3. The van der Waals surface area contributed by atoms with Gasteiger partial charge in [0.1, 0.15) is 0 Å². The monoisotopic (exact) mass is 307 g/mol. The highest BCUT2D eigenvalue weighted by Gasteiger charge is 2.30. The van der Waals surface area contributed by atoms with Crippen LogP contribution in [0.5, 0.6) is 0 Å². The lowest BCUT2D eigenvalue weighted by molar-refractivity contribution is -0.118. The number of benzene rings is 1. The van der Waals surface area contributed by atoms with Crippen molar-refractivity contribution in [3.8, 4) is 0 Å². The molecule has 0 fully saturated rings. The Balaban J connectivity index is 2.31. The molecule has 0 saturated carbocycles. The lowest BCUT2D eigenvalue weighted by atomic mass is 10.1. The Labute approximate surface area is 126 Å². The van der Waals surface area contributed by atoms with Gasteiger partial charge >= 0.3 is 0 Å². The molecule has 4 nitrogen and oxygen atoms in total. The molecule has 0 bridgehead atoms. The normalized spacial score (nSPS) is 19.6. The van der Waals surface area contributed by atoms with Gasteiger partial charge in [-0.05, 0) is 37.1 Å². The average molecular weight is 307 g/mol. The van der Waals surface area contributed by atoms with Crippen molar-refractivity contribution in [3.05, 3.63) is 41.3 Å². The lowest BCUT2D eigenvalue weighted by Gasteiger charge is -2.28. The van der Waals surface area contributed by atoms with E-state index in [1.807, 2.05) is 38.1 Å². The van der Waals surface area contributed by atoms with Crippen molar-refractivity contribution in [3.63, 3.8) is 0 Å². The first kappa shape index (κ1) is 15.8. The van der Waals surface area contributed by atoms with Crippen LogP contribution in [0.15, 0.2) is 35.7 Å². The number of hydrogen-bond acceptors (Lipinski definition) is 3. The summed E-state index contributed by atoms with van der Waals surface area (Å²) in [5, 5.41) is 1.22. The van der Waals surface area contributed by atoms with Crippen molar-refractivity contribution in [2.75, 3.05) is 10.7 Å². The number of anilines is 1. The van der Waals surface area contributed by atoms with Crippen molar-refractivity contribution in [1.29, 1.82) is 0 Å². The minimum Gasteiger partial charge on any atom is -0.304 e. The van der Waals surface area contributed by atoms with Gasteiger partial charge < -0.3 is 4.90 Å². The highest BCUT2D eigenvalue weighted by molar-refractivity contribution is 7.94. The van der Waals surface area contributed by atoms with Gasteiger partial charge in [-0.1, -0.05) is 25.5 Å². The van der Waals surface area contributed by atoms with Crippen LogP contribution < -0.4 is 4.90 Å². The summed E-state index contributed by atoms with van der Waals surface area (Å²) in [7, 11) is -3.19. The molecule has 0 N–H and O–H groups in total. The Bertz CT molecular complexity index is 649. The van der Waals surface area contributed by atoms with Crippen LogP contribution in [0.3, 0.4) is 0 Å². The third kappa shape index (κ3) is 3.94. The van der Waals surface area contributed by atoms with Gasteiger partial charge in [-0.25, -0.2) is 8.42 Å². The maximum absolute atomic E-state index is 12.5. The van der Waals surface area contributed by atoms with Crippen LogP contribution in [0.1, 0.15) is 31.7 Å². The summed E-state index contributed by atoms with van der Waals surface area (Å²) < 4.78 is 23.3. The first-order valence-corrected chi connectivity index (χ1v) is 8.94. The van der Waals surface area contributed by atoms with Gasteiger partial charge in [-0.15, -0.1) is 0 Å². The fourth-order valence-corrected chi connectivity index (χ4v) is 3.73. The Hall–Kier alpha value is -1.62. The first-order valence-electron chi connectivity index (χ1n) is 7.22. The Kier molecular flexibility index (Phi) is 4.83. The first-order chi connectivity index (χ1) is 9.93. The van der Waals surface area contributed by atoms with Crippen molar-refractivity contribution in [2.45, 2.75) is 39.2 Å². The minimum absolute atomic E-state index is 0.0193. The summed E-state index contributed by atoms with van der Waals surface area (Å²) in [6, 6.07) is 7.22. The van der Waals surface area contributed by atoms with E-state index in [0.29, 0.717) is 6.42 Å². The fraction of sp³-hybridized carbons (Fsp3) is 0.438. The Morgan fingerprint density at radius 3 is 2.71 bits per heavy atom. The lowest BCUT2D eigenvalue weighted by Crippen LogP contribution is -2.41. The van der Waals surface area contributed by atoms with E-state index in [0.717, 1.165) is 24.1 Å². The number of carbonyl (C=O) groups excluding carboxylic acids is 1. The molecular formula is C16H21NO3S. The molecule has 1 amide bonds. The molecule has 2 rings (SSSR count). The van der Waals surface area contributed by atoms with Crippen LogP contribution in [0.25, 0.3) is 0 Å². The molecule has 114 valence electrons. The Morgan fingerprint density at radius 2 is 2.14 bits per heavy atom. The van der Waals surface area contributed by atoms with Crippen LogP contribution in [-0.2, 0) is 14.6 Å². The summed E-state index contributed by atoms with van der Waals surface area (Å²) in [6.45, 7) is 3.99. The minimum atomic E-state index is -3.19. The van der Waals surface area contributed by atoms with E-state index in [2.05, 4.69) is 0 Å². The van der Waals surface area contributed by atoms with Gasteiger partial charge in [0.2, 0.25) is 5.91 Å². The number of amides is 1. The van der Waals surface area contributed by atoms with E-state index in [1.54, 1.807) is 11.0 Å². The van der Waals surface area contributed by atoms with E-state index in [1.165, 1.54) is 5.41 Å². The number of aryl methyl sites for hydroxylation is 1. The van der Waals surface area contributed by atoms with E-state index >= 15 is 0 Å². The van der Waals surface area contributed by atoms with Crippen LogP contribution >= 0.6 is 0 Å². The van der Waals surface area contributed by atoms with E-state index in [4.69, 9.17) is 0 Å². The van der Waals surface area contributed by atoms with Crippen molar-refractivity contribution >= 4 is 21.4 Å². The highest BCUT2D eigenvalue weighted by atomic mass is 32.2. The Morgan fingerprint density at radius 1 is 1.38 bits per heavy atom. The summed E-state index contributed by atoms with van der Waals surface area (Å²) in [5.41, 5.74) is 1.81. The van der Waals surface area contributed by atoms with Gasteiger partial charge in [0, 0.05) is 17.5 Å². The predicted molar refractivity (Wildman–Crippen MR) is 84.9 cm³/mol. The molecule has 0 saturated heterocycles. The molecule has 0 spiro atoms. The standard InChI is InChI=1S/C16H21NO3S/c1-3-4-8-16(18)17(14-7-5-6-13(2)11-14)15-9-10-21(19,20)12-15/h5-7,9-11,15H,3-4,8,12H2,1-2H3. The van der Waals surface area contributed by atoms with Crippen LogP contribution in [0.4, 0.5) is 5.69 Å². The molecule has 1 aliphatic heterocycles. The van der Waals surface area contributed by atoms with E-state index < -0.39 is 15.9 Å². The molecule has 1 atom stereocenters. The molecule has 0 radical (unpaired) electrons. The number of carbonyl (C=O) groups is 1. The van der Waals surface area contributed by atoms with Gasteiger partial charge in [-0.2, -0.15) is 0 Å². The number of unbranched alkanes of at least 4 members (excludes halogenated alkanes) is 1. The van der Waals surface area contributed by atoms with E-state index in [9.17, 15) is 13.2 Å². The molecule has 1 aliphatic rings. The highest BCUT2D eigenvalue weighted by Crippen LogP contribution is 2.25. The predicted octanol–water partition coefficient (Wildman–Crippen LogP) is 2.83. The topological polar surface area (TPSA) is 54.5 Å². The summed E-state index contributed by atoms with van der Waals surface area (Å²) in [4.78, 5) is 14.1. The second-order valence-electron chi connectivity index (χ2n) is 5.43. The molecule has 21 heavy (non-hydrogen) atoms. The molecule has 1 aromatic carbocycles. The second kappa shape index (κ2) is 6.43. The number of rotatable bonds is 5. The molecule has 5 heteroatoms. The van der Waals surface area contributed by atoms with Crippen LogP contribution in [-0.4, -0.2) is 26.1 Å². The van der Waals surface area contributed by atoms with Crippen molar-refractivity contribution in [1.82, 2.24) is 0 Å². The smallest absolute Gasteiger partial charge is 0.227 e. The maximum Gasteiger partial charge on any atom is 0.227 e. The quantitative estimate of drug-likeness (QED) is 0.840. The van der Waals surface area contributed by atoms with Gasteiger partial charge in [0.25, 0.3) is 0 Å². The third-order valence-corrected chi connectivity index (χ3v) is 4.91. The molecule has 0 aromatic heterocycles. The number of hydrogen-bond donors (Lipinski definition) is 0. The van der Waals surface area contributed by atoms with Gasteiger partial charge in [0.05, 0.1) is 11.8 Å². The third-order valence-electron chi connectivity index (χ3n) is 3.54. The van der Waals surface area contributed by atoms with Gasteiger partial charge in [0.15, 0.2) is 9.84 Å². The molecular weight excluding hydrogens is 286 g/mol. The molecule has 1 unspecified atom stereocenters. The molecule has 1 aromatic rings. The summed E-state index contributed by atoms with van der Waals surface area (Å²) in [5.74, 6) is -0.0482. The van der Waals surface area contributed by atoms with Crippen LogP contribution in [0, 0.1) is 6.92 Å². The number of nitrogens with zero attached hydrogens (tertiary/aromatic N) is 1. The zero-order valence-electron chi connectivity index (χ0n) is 12.5. The summed E-state index contributed by atoms with van der Waals surface area (Å²) in [6.07, 6.45) is 3.80. The fourth-order valence-electron chi connectivity index (χ4n) is 2.47. The molecule has 0 aliphatic carbocycles. The van der Waals surface area contributed by atoms with Gasteiger partial charge in [-0.3, -0.25) is 4.79 Å². The van der Waals surface area contributed by atoms with Crippen molar-refractivity contribution in [2.24, 2.45) is 0 Å². The largest absolute Gasteiger partial charge is 0.304 e. The number of sulfone groups is 1. The molecule has 1 heterocycles. The van der Waals surface area contributed by atoms with Crippen LogP contribution in [0.2, 0.25) is 0 Å². The maximum atomic E-state index is 12.5. The van der Waals surface area contributed by atoms with E-state index in [-0.39, 0.29) is 11.7 Å². The SMILES string of the molecule is CCCCC(=O)N(c1cccc(C)c1)C1C=CS(=O)(=O)C1. The summed E-state index contributed by atoms with van der Waals surface area (Å²) >= 11 is 0.